The topological polar surface area (TPSA) is 58.4 Å². The van der Waals surface area contributed by atoms with Crippen molar-refractivity contribution in [2.75, 3.05) is 13.1 Å². The largest absolute Gasteiger partial charge is 0.355 e. The minimum absolute atomic E-state index is 0.0139. The van der Waals surface area contributed by atoms with E-state index in [0.29, 0.717) is 18.6 Å². The van der Waals surface area contributed by atoms with Gasteiger partial charge < -0.3 is 11.1 Å². The molecule has 0 aromatic rings. The molecule has 86 valence electrons. The summed E-state index contributed by atoms with van der Waals surface area (Å²) in [5.74, 6) is 0.178. The van der Waals surface area contributed by atoms with Gasteiger partial charge in [-0.15, -0.1) is 0 Å². The second-order valence-corrected chi connectivity index (χ2v) is 4.70. The van der Waals surface area contributed by atoms with Crippen LogP contribution in [0.4, 0.5) is 0 Å². The summed E-state index contributed by atoms with van der Waals surface area (Å²) in [5, 5.41) is 2.99. The smallest absolute Gasteiger partial charge is 0.237 e. The molecule has 2 fully saturated rings. The number of hydrogen-bond acceptors (Lipinski definition) is 3. The van der Waals surface area contributed by atoms with E-state index in [1.54, 1.807) is 0 Å². The Bertz CT molecular complexity index is 240. The molecule has 4 heteroatoms. The number of nitrogens with zero attached hydrogens (tertiary/aromatic N) is 1. The van der Waals surface area contributed by atoms with Crippen LogP contribution in [0.15, 0.2) is 0 Å². The van der Waals surface area contributed by atoms with Gasteiger partial charge in [0.1, 0.15) is 0 Å². The number of nitrogens with one attached hydrogen (secondary N) is 1. The normalized spacial score (nSPS) is 33.6. The zero-order chi connectivity index (χ0) is 10.8. The van der Waals surface area contributed by atoms with Crippen LogP contribution in [0.25, 0.3) is 0 Å². The minimum atomic E-state index is 0.0139. The zero-order valence-corrected chi connectivity index (χ0v) is 9.41. The molecule has 2 unspecified atom stereocenters. The van der Waals surface area contributed by atoms with Gasteiger partial charge in [0.15, 0.2) is 0 Å². The lowest BCUT2D eigenvalue weighted by Crippen LogP contribution is -2.49. The number of rotatable bonds is 3. The lowest BCUT2D eigenvalue weighted by Gasteiger charge is -2.32. The lowest BCUT2D eigenvalue weighted by atomic mass is 10.1. The van der Waals surface area contributed by atoms with Gasteiger partial charge in [0.2, 0.25) is 5.91 Å². The molecule has 1 amide bonds. The SMILES string of the molecule is CC1CCNC(=O)C(CCN)N1C1CC1. The van der Waals surface area contributed by atoms with Crippen LogP contribution in [0.5, 0.6) is 0 Å². The van der Waals surface area contributed by atoms with Gasteiger partial charge in [0.25, 0.3) is 0 Å². The fraction of sp³-hybridized carbons (Fsp3) is 0.909. The van der Waals surface area contributed by atoms with Gasteiger partial charge in [-0.25, -0.2) is 0 Å². The Kier molecular flexibility index (Phi) is 3.26. The van der Waals surface area contributed by atoms with Gasteiger partial charge in [-0.3, -0.25) is 9.69 Å². The zero-order valence-electron chi connectivity index (χ0n) is 9.41. The van der Waals surface area contributed by atoms with Crippen LogP contribution >= 0.6 is 0 Å². The van der Waals surface area contributed by atoms with Crippen LogP contribution < -0.4 is 11.1 Å². The summed E-state index contributed by atoms with van der Waals surface area (Å²) in [4.78, 5) is 14.3. The standard InChI is InChI=1S/C11H21N3O/c1-8-5-7-13-11(15)10(4-6-12)14(8)9-2-3-9/h8-10H,2-7,12H2,1H3,(H,13,15). The molecule has 2 rings (SSSR count). The highest BCUT2D eigenvalue weighted by atomic mass is 16.2. The van der Waals surface area contributed by atoms with Crippen molar-refractivity contribution in [1.82, 2.24) is 10.2 Å². The molecular formula is C11H21N3O. The first-order valence-electron chi connectivity index (χ1n) is 5.99. The van der Waals surface area contributed by atoms with Crippen LogP contribution in [0.3, 0.4) is 0 Å². The molecule has 0 aromatic heterocycles. The second-order valence-electron chi connectivity index (χ2n) is 4.70. The fourth-order valence-electron chi connectivity index (χ4n) is 2.54. The van der Waals surface area contributed by atoms with Crippen molar-refractivity contribution in [3.05, 3.63) is 0 Å². The van der Waals surface area contributed by atoms with E-state index >= 15 is 0 Å². The predicted octanol–water partition coefficient (Wildman–Crippen LogP) is 0.0766. The number of carbonyl (C=O) groups excluding carboxylic acids is 1. The van der Waals surface area contributed by atoms with Crippen molar-refractivity contribution >= 4 is 5.91 Å². The van der Waals surface area contributed by atoms with E-state index in [1.165, 1.54) is 12.8 Å². The molecule has 4 nitrogen and oxygen atoms in total. The summed E-state index contributed by atoms with van der Waals surface area (Å²) in [6.07, 6.45) is 4.34. The third-order valence-corrected chi connectivity index (χ3v) is 3.44. The van der Waals surface area contributed by atoms with Crippen molar-refractivity contribution < 1.29 is 4.79 Å². The van der Waals surface area contributed by atoms with Crippen molar-refractivity contribution in [3.8, 4) is 0 Å². The number of amides is 1. The maximum atomic E-state index is 11.9. The molecule has 1 saturated heterocycles. The quantitative estimate of drug-likeness (QED) is 0.695. The Balaban J connectivity index is 2.12. The van der Waals surface area contributed by atoms with E-state index in [0.717, 1.165) is 19.4 Å². The molecule has 1 aliphatic carbocycles. The van der Waals surface area contributed by atoms with E-state index in [4.69, 9.17) is 5.73 Å². The van der Waals surface area contributed by atoms with E-state index in [-0.39, 0.29) is 11.9 Å². The Morgan fingerprint density at radius 3 is 2.80 bits per heavy atom. The van der Waals surface area contributed by atoms with E-state index in [1.807, 2.05) is 0 Å². The van der Waals surface area contributed by atoms with Gasteiger partial charge in [0.05, 0.1) is 6.04 Å². The summed E-state index contributed by atoms with van der Waals surface area (Å²) in [5.41, 5.74) is 5.59. The average Bonchev–Trinajstić information content (AvgIpc) is 3.00. The first-order valence-corrected chi connectivity index (χ1v) is 5.99. The first kappa shape index (κ1) is 10.9. The predicted molar refractivity (Wildman–Crippen MR) is 59.4 cm³/mol. The minimum Gasteiger partial charge on any atom is -0.355 e. The summed E-state index contributed by atoms with van der Waals surface area (Å²) in [6, 6.07) is 1.16. The van der Waals surface area contributed by atoms with E-state index < -0.39 is 0 Å². The Morgan fingerprint density at radius 2 is 2.20 bits per heavy atom. The van der Waals surface area contributed by atoms with E-state index in [2.05, 4.69) is 17.1 Å². The fourth-order valence-corrected chi connectivity index (χ4v) is 2.54. The summed E-state index contributed by atoms with van der Waals surface area (Å²) >= 11 is 0. The second kappa shape index (κ2) is 4.49. The van der Waals surface area contributed by atoms with Crippen LogP contribution in [0, 0.1) is 0 Å². The molecule has 1 saturated carbocycles. The van der Waals surface area contributed by atoms with Crippen LogP contribution in [0.2, 0.25) is 0 Å². The molecule has 2 atom stereocenters. The molecule has 1 heterocycles. The Labute approximate surface area is 91.2 Å². The van der Waals surface area contributed by atoms with Crippen molar-refractivity contribution in [2.24, 2.45) is 5.73 Å². The first-order chi connectivity index (χ1) is 7.24. The van der Waals surface area contributed by atoms with Crippen molar-refractivity contribution in [1.29, 1.82) is 0 Å². The third-order valence-electron chi connectivity index (χ3n) is 3.44. The summed E-state index contributed by atoms with van der Waals surface area (Å²) in [7, 11) is 0. The maximum absolute atomic E-state index is 11.9. The Morgan fingerprint density at radius 1 is 1.47 bits per heavy atom. The summed E-state index contributed by atoms with van der Waals surface area (Å²) in [6.45, 7) is 3.63. The van der Waals surface area contributed by atoms with Crippen LogP contribution in [0.1, 0.15) is 32.6 Å². The lowest BCUT2D eigenvalue weighted by molar-refractivity contribution is -0.126. The van der Waals surface area contributed by atoms with Crippen LogP contribution in [-0.4, -0.2) is 42.0 Å². The van der Waals surface area contributed by atoms with Gasteiger partial charge >= 0.3 is 0 Å². The van der Waals surface area contributed by atoms with Crippen LogP contribution in [-0.2, 0) is 4.79 Å². The molecule has 0 bridgehead atoms. The summed E-state index contributed by atoms with van der Waals surface area (Å²) < 4.78 is 0. The molecule has 3 N–H and O–H groups in total. The average molecular weight is 211 g/mol. The van der Waals surface area contributed by atoms with E-state index in [9.17, 15) is 4.79 Å². The van der Waals surface area contributed by atoms with Gasteiger partial charge in [0, 0.05) is 18.6 Å². The van der Waals surface area contributed by atoms with Gasteiger partial charge in [-0.05, 0) is 39.2 Å². The molecule has 1 aliphatic heterocycles. The van der Waals surface area contributed by atoms with Gasteiger partial charge in [-0.2, -0.15) is 0 Å². The molecule has 15 heavy (non-hydrogen) atoms. The molecular weight excluding hydrogens is 190 g/mol. The monoisotopic (exact) mass is 211 g/mol. The highest BCUT2D eigenvalue weighted by molar-refractivity contribution is 5.82. The molecule has 0 aromatic carbocycles. The van der Waals surface area contributed by atoms with Gasteiger partial charge in [-0.1, -0.05) is 0 Å². The van der Waals surface area contributed by atoms with Crippen molar-refractivity contribution in [3.63, 3.8) is 0 Å². The Hall–Kier alpha value is -0.610. The highest BCUT2D eigenvalue weighted by Gasteiger charge is 2.40. The van der Waals surface area contributed by atoms with Crippen molar-refractivity contribution in [2.45, 2.75) is 50.7 Å². The highest BCUT2D eigenvalue weighted by Crippen LogP contribution is 2.32. The number of hydrogen-bond donors (Lipinski definition) is 2. The molecule has 0 radical (unpaired) electrons. The maximum Gasteiger partial charge on any atom is 0.237 e. The number of nitrogens with two attached hydrogens (primary N) is 1. The molecule has 2 aliphatic rings. The molecule has 0 spiro atoms. The number of carbonyl (C=O) groups is 1. The third kappa shape index (κ3) is 2.32.